The van der Waals surface area contributed by atoms with Gasteiger partial charge in [0, 0.05) is 49.5 Å². The van der Waals surface area contributed by atoms with Gasteiger partial charge in [0.15, 0.2) is 0 Å². The third kappa shape index (κ3) is 5.96. The Bertz CT molecular complexity index is 1110. The van der Waals surface area contributed by atoms with E-state index >= 15 is 0 Å². The third-order valence-corrected chi connectivity index (χ3v) is 7.91. The SMILES string of the molecule is Cc1cccc(NS(=O)(=O)c2ccc(C)c(C(=O)NCC(C3CCOC3)N3CCOCC3)c2)c1. The average Bonchev–Trinajstić information content (AvgIpc) is 3.34. The highest BCUT2D eigenvalue weighted by atomic mass is 32.2. The van der Waals surface area contributed by atoms with Crippen molar-refractivity contribution in [2.45, 2.75) is 31.2 Å². The molecule has 0 aliphatic carbocycles. The summed E-state index contributed by atoms with van der Waals surface area (Å²) >= 11 is 0. The minimum Gasteiger partial charge on any atom is -0.381 e. The molecule has 2 aromatic rings. The second kappa shape index (κ2) is 10.9. The molecule has 34 heavy (non-hydrogen) atoms. The van der Waals surface area contributed by atoms with Crippen molar-refractivity contribution in [1.29, 1.82) is 0 Å². The highest BCUT2D eigenvalue weighted by molar-refractivity contribution is 7.92. The highest BCUT2D eigenvalue weighted by Gasteiger charge is 2.32. The summed E-state index contributed by atoms with van der Waals surface area (Å²) in [6.07, 6.45) is 0.968. The molecular weight excluding hydrogens is 454 g/mol. The van der Waals surface area contributed by atoms with Crippen LogP contribution in [0.2, 0.25) is 0 Å². The van der Waals surface area contributed by atoms with Gasteiger partial charge in [-0.3, -0.25) is 14.4 Å². The minimum atomic E-state index is -3.83. The first kappa shape index (κ1) is 24.7. The van der Waals surface area contributed by atoms with Gasteiger partial charge in [-0.2, -0.15) is 0 Å². The van der Waals surface area contributed by atoms with Crippen LogP contribution in [0.25, 0.3) is 0 Å². The van der Waals surface area contributed by atoms with Crippen molar-refractivity contribution in [3.8, 4) is 0 Å². The molecule has 2 N–H and O–H groups in total. The molecule has 2 aliphatic heterocycles. The van der Waals surface area contributed by atoms with E-state index in [0.29, 0.717) is 43.5 Å². The van der Waals surface area contributed by atoms with Gasteiger partial charge in [-0.25, -0.2) is 8.42 Å². The molecule has 1 amide bonds. The maximum atomic E-state index is 13.1. The number of morpholine rings is 1. The Morgan fingerprint density at radius 1 is 1.09 bits per heavy atom. The third-order valence-electron chi connectivity index (χ3n) is 6.53. The molecule has 0 saturated carbocycles. The Morgan fingerprint density at radius 2 is 1.88 bits per heavy atom. The number of amides is 1. The van der Waals surface area contributed by atoms with E-state index in [1.54, 1.807) is 24.3 Å². The van der Waals surface area contributed by atoms with E-state index in [2.05, 4.69) is 14.9 Å². The number of hydrogen-bond acceptors (Lipinski definition) is 6. The number of anilines is 1. The summed E-state index contributed by atoms with van der Waals surface area (Å²) in [4.78, 5) is 15.6. The van der Waals surface area contributed by atoms with Crippen LogP contribution in [0.5, 0.6) is 0 Å². The van der Waals surface area contributed by atoms with Gasteiger partial charge in [0.25, 0.3) is 15.9 Å². The number of rotatable bonds is 8. The number of ether oxygens (including phenoxy) is 2. The zero-order chi connectivity index (χ0) is 24.1. The van der Waals surface area contributed by atoms with Crippen LogP contribution in [0.4, 0.5) is 5.69 Å². The molecule has 8 nitrogen and oxygen atoms in total. The number of carbonyl (C=O) groups is 1. The molecule has 0 aromatic heterocycles. The van der Waals surface area contributed by atoms with Crippen LogP contribution in [0.3, 0.4) is 0 Å². The first-order chi connectivity index (χ1) is 16.3. The molecular formula is C25H33N3O5S. The lowest BCUT2D eigenvalue weighted by Crippen LogP contribution is -2.52. The van der Waals surface area contributed by atoms with E-state index in [4.69, 9.17) is 9.47 Å². The number of sulfonamides is 1. The van der Waals surface area contributed by atoms with E-state index in [9.17, 15) is 13.2 Å². The van der Waals surface area contributed by atoms with Crippen LogP contribution in [-0.4, -0.2) is 71.3 Å². The van der Waals surface area contributed by atoms with Gasteiger partial charge in [-0.15, -0.1) is 0 Å². The number of hydrogen-bond donors (Lipinski definition) is 2. The van der Waals surface area contributed by atoms with Gasteiger partial charge in [0.1, 0.15) is 0 Å². The first-order valence-corrected chi connectivity index (χ1v) is 13.2. The predicted octanol–water partition coefficient (Wildman–Crippen LogP) is 2.57. The molecule has 9 heteroatoms. The van der Waals surface area contributed by atoms with Gasteiger partial charge in [-0.05, 0) is 55.7 Å². The molecule has 2 fully saturated rings. The Labute approximate surface area is 201 Å². The predicted molar refractivity (Wildman–Crippen MR) is 131 cm³/mol. The molecule has 2 unspecified atom stereocenters. The Morgan fingerprint density at radius 3 is 2.59 bits per heavy atom. The van der Waals surface area contributed by atoms with Gasteiger partial charge < -0.3 is 14.8 Å². The molecule has 184 valence electrons. The van der Waals surface area contributed by atoms with E-state index in [1.165, 1.54) is 12.1 Å². The first-order valence-electron chi connectivity index (χ1n) is 11.7. The molecule has 2 aliphatic rings. The zero-order valence-electron chi connectivity index (χ0n) is 19.7. The molecule has 4 rings (SSSR count). The fourth-order valence-corrected chi connectivity index (χ4v) is 5.66. The normalized spacial score (nSPS) is 20.1. The lowest BCUT2D eigenvalue weighted by Gasteiger charge is -2.37. The van der Waals surface area contributed by atoms with Crippen LogP contribution in [0.1, 0.15) is 27.9 Å². The number of nitrogens with zero attached hydrogens (tertiary/aromatic N) is 1. The summed E-state index contributed by atoms with van der Waals surface area (Å²) in [6.45, 7) is 8.64. The molecule has 0 bridgehead atoms. The van der Waals surface area contributed by atoms with E-state index in [1.807, 2.05) is 19.9 Å². The molecule has 0 spiro atoms. The van der Waals surface area contributed by atoms with Crippen LogP contribution >= 0.6 is 0 Å². The van der Waals surface area contributed by atoms with Crippen LogP contribution < -0.4 is 10.0 Å². The molecule has 2 heterocycles. The quantitative estimate of drug-likeness (QED) is 0.594. The minimum absolute atomic E-state index is 0.0543. The monoisotopic (exact) mass is 487 g/mol. The Hall–Kier alpha value is -2.46. The van der Waals surface area contributed by atoms with Crippen LogP contribution in [0.15, 0.2) is 47.4 Å². The number of benzene rings is 2. The van der Waals surface area contributed by atoms with Gasteiger partial charge in [-0.1, -0.05) is 18.2 Å². The number of nitrogens with one attached hydrogen (secondary N) is 2. The second-order valence-electron chi connectivity index (χ2n) is 9.00. The van der Waals surface area contributed by atoms with Crippen molar-refractivity contribution >= 4 is 21.6 Å². The summed E-state index contributed by atoms with van der Waals surface area (Å²) < 4.78 is 39.6. The van der Waals surface area contributed by atoms with Gasteiger partial charge in [0.05, 0.1) is 24.7 Å². The average molecular weight is 488 g/mol. The summed E-state index contributed by atoms with van der Waals surface area (Å²) in [5, 5.41) is 3.06. The summed E-state index contributed by atoms with van der Waals surface area (Å²) in [6, 6.07) is 12.0. The number of carbonyl (C=O) groups excluding carboxylic acids is 1. The van der Waals surface area contributed by atoms with Gasteiger partial charge in [0.2, 0.25) is 0 Å². The fraction of sp³-hybridized carbons (Fsp3) is 0.480. The summed E-state index contributed by atoms with van der Waals surface area (Å²) in [7, 11) is -3.83. The lowest BCUT2D eigenvalue weighted by molar-refractivity contribution is 0.00166. The Balaban J connectivity index is 1.48. The van der Waals surface area contributed by atoms with Crippen molar-refractivity contribution in [2.24, 2.45) is 5.92 Å². The Kier molecular flexibility index (Phi) is 7.88. The van der Waals surface area contributed by atoms with E-state index < -0.39 is 10.0 Å². The maximum Gasteiger partial charge on any atom is 0.261 e. The van der Waals surface area contributed by atoms with Crippen molar-refractivity contribution < 1.29 is 22.7 Å². The lowest BCUT2D eigenvalue weighted by atomic mass is 9.96. The molecule has 2 saturated heterocycles. The summed E-state index contributed by atoms with van der Waals surface area (Å²) in [5.74, 6) is 0.0759. The fourth-order valence-electron chi connectivity index (χ4n) is 4.59. The topological polar surface area (TPSA) is 97.0 Å². The van der Waals surface area contributed by atoms with Crippen molar-refractivity contribution in [2.75, 3.05) is 50.8 Å². The van der Waals surface area contributed by atoms with Gasteiger partial charge >= 0.3 is 0 Å². The van der Waals surface area contributed by atoms with E-state index in [0.717, 1.165) is 37.2 Å². The highest BCUT2D eigenvalue weighted by Crippen LogP contribution is 2.23. The van der Waals surface area contributed by atoms with Crippen molar-refractivity contribution in [1.82, 2.24) is 10.2 Å². The summed E-state index contributed by atoms with van der Waals surface area (Å²) in [5.41, 5.74) is 2.51. The molecule has 2 aromatic carbocycles. The number of aryl methyl sites for hydroxylation is 2. The molecule has 2 atom stereocenters. The molecule has 0 radical (unpaired) electrons. The van der Waals surface area contributed by atoms with Crippen molar-refractivity contribution in [3.63, 3.8) is 0 Å². The van der Waals surface area contributed by atoms with Crippen LogP contribution in [0, 0.1) is 19.8 Å². The maximum absolute atomic E-state index is 13.1. The van der Waals surface area contributed by atoms with Crippen LogP contribution in [-0.2, 0) is 19.5 Å². The second-order valence-corrected chi connectivity index (χ2v) is 10.7. The standard InChI is InChI=1S/C25H33N3O5S/c1-18-4-3-5-21(14-18)27-34(30,31)22-7-6-19(2)23(15-22)25(29)26-16-24(20-8-11-33-17-20)28-9-12-32-13-10-28/h3-7,14-15,20,24,27H,8-13,16-17H2,1-2H3,(H,26,29). The zero-order valence-corrected chi connectivity index (χ0v) is 20.6. The largest absolute Gasteiger partial charge is 0.381 e. The van der Waals surface area contributed by atoms with Crippen molar-refractivity contribution in [3.05, 3.63) is 59.2 Å². The van der Waals surface area contributed by atoms with E-state index in [-0.39, 0.29) is 16.8 Å². The smallest absolute Gasteiger partial charge is 0.261 e.